The Morgan fingerprint density at radius 3 is 2.64 bits per heavy atom. The smallest absolute Gasteiger partial charge is 0.222 e. The van der Waals surface area contributed by atoms with Crippen molar-refractivity contribution in [2.75, 3.05) is 13.6 Å². The van der Waals surface area contributed by atoms with Crippen LogP contribution in [0.25, 0.3) is 0 Å². The third kappa shape index (κ3) is 3.74. The van der Waals surface area contributed by atoms with Crippen molar-refractivity contribution >= 4 is 17.2 Å². The minimum atomic E-state index is 0.163. The monoisotopic (exact) mass is 320 g/mol. The number of nitrogens with zero attached hydrogens (tertiary/aromatic N) is 3. The molecule has 0 spiro atoms. The zero-order valence-electron chi connectivity index (χ0n) is 13.9. The molecule has 0 aliphatic carbocycles. The SMILES string of the molecule is Cc1n[nH]c(C)c1[C@H](C)CC(=O)N(C)C[C@H](C)c1nccs1. The first kappa shape index (κ1) is 16.7. The Labute approximate surface area is 135 Å². The van der Waals surface area contributed by atoms with E-state index >= 15 is 0 Å². The van der Waals surface area contributed by atoms with Crippen LogP contribution in [0, 0.1) is 13.8 Å². The summed E-state index contributed by atoms with van der Waals surface area (Å²) in [5, 5.41) is 10.3. The number of aromatic amines is 1. The second-order valence-electron chi connectivity index (χ2n) is 6.00. The van der Waals surface area contributed by atoms with Gasteiger partial charge in [0.1, 0.15) is 0 Å². The molecule has 0 fully saturated rings. The Bertz CT molecular complexity index is 601. The van der Waals surface area contributed by atoms with Crippen LogP contribution in [0.5, 0.6) is 0 Å². The van der Waals surface area contributed by atoms with E-state index in [0.717, 1.165) is 22.0 Å². The van der Waals surface area contributed by atoms with E-state index in [-0.39, 0.29) is 17.7 Å². The van der Waals surface area contributed by atoms with Crippen molar-refractivity contribution in [3.8, 4) is 0 Å². The van der Waals surface area contributed by atoms with Gasteiger partial charge >= 0.3 is 0 Å². The molecule has 22 heavy (non-hydrogen) atoms. The van der Waals surface area contributed by atoms with Gasteiger partial charge in [0, 0.05) is 43.2 Å². The van der Waals surface area contributed by atoms with Crippen molar-refractivity contribution in [1.29, 1.82) is 0 Å². The summed E-state index contributed by atoms with van der Waals surface area (Å²) in [7, 11) is 1.87. The van der Waals surface area contributed by atoms with E-state index in [4.69, 9.17) is 0 Å². The molecule has 1 amide bonds. The second-order valence-corrected chi connectivity index (χ2v) is 6.92. The van der Waals surface area contributed by atoms with Crippen molar-refractivity contribution in [3.63, 3.8) is 0 Å². The molecule has 1 N–H and O–H groups in total. The van der Waals surface area contributed by atoms with Crippen LogP contribution in [0.2, 0.25) is 0 Å². The number of likely N-dealkylation sites (N-methyl/N-ethyl adjacent to an activating group) is 1. The van der Waals surface area contributed by atoms with Crippen molar-refractivity contribution < 1.29 is 4.79 Å². The topological polar surface area (TPSA) is 61.9 Å². The van der Waals surface area contributed by atoms with Gasteiger partial charge in [-0.2, -0.15) is 5.10 Å². The van der Waals surface area contributed by atoms with Crippen molar-refractivity contribution in [3.05, 3.63) is 33.5 Å². The molecule has 0 aromatic carbocycles. The van der Waals surface area contributed by atoms with Crippen LogP contribution in [-0.4, -0.2) is 39.6 Å². The predicted molar refractivity (Wildman–Crippen MR) is 89.3 cm³/mol. The van der Waals surface area contributed by atoms with Gasteiger partial charge in [-0.15, -0.1) is 11.3 Å². The Hall–Kier alpha value is -1.69. The van der Waals surface area contributed by atoms with Crippen LogP contribution < -0.4 is 0 Å². The highest BCUT2D eigenvalue weighted by Crippen LogP contribution is 2.25. The van der Waals surface area contributed by atoms with Gasteiger partial charge in [0.25, 0.3) is 0 Å². The number of hydrogen-bond acceptors (Lipinski definition) is 4. The van der Waals surface area contributed by atoms with Gasteiger partial charge < -0.3 is 4.90 Å². The molecular weight excluding hydrogens is 296 g/mol. The number of aromatic nitrogens is 3. The molecule has 0 saturated carbocycles. The number of aryl methyl sites for hydroxylation is 2. The Morgan fingerprint density at radius 2 is 2.09 bits per heavy atom. The van der Waals surface area contributed by atoms with Crippen LogP contribution in [0.1, 0.15) is 54.1 Å². The van der Waals surface area contributed by atoms with E-state index in [1.165, 1.54) is 0 Å². The number of amides is 1. The molecule has 2 aromatic heterocycles. The van der Waals surface area contributed by atoms with E-state index < -0.39 is 0 Å². The third-order valence-electron chi connectivity index (χ3n) is 4.01. The zero-order valence-corrected chi connectivity index (χ0v) is 14.7. The lowest BCUT2D eigenvalue weighted by Gasteiger charge is -2.22. The summed E-state index contributed by atoms with van der Waals surface area (Å²) in [5.74, 6) is 0.599. The number of rotatable bonds is 6. The number of carbonyl (C=O) groups excluding carboxylic acids is 1. The maximum absolute atomic E-state index is 12.5. The number of hydrogen-bond donors (Lipinski definition) is 1. The molecule has 0 aliphatic heterocycles. The van der Waals surface area contributed by atoms with Gasteiger partial charge in [-0.25, -0.2) is 4.98 Å². The quantitative estimate of drug-likeness (QED) is 0.889. The van der Waals surface area contributed by atoms with E-state index in [1.54, 1.807) is 11.3 Å². The highest BCUT2D eigenvalue weighted by atomic mass is 32.1. The van der Waals surface area contributed by atoms with Crippen LogP contribution in [-0.2, 0) is 4.79 Å². The van der Waals surface area contributed by atoms with E-state index in [0.29, 0.717) is 13.0 Å². The molecule has 2 atom stereocenters. The normalized spacial score (nSPS) is 13.9. The van der Waals surface area contributed by atoms with Crippen molar-refractivity contribution in [1.82, 2.24) is 20.1 Å². The van der Waals surface area contributed by atoms with Crippen LogP contribution in [0.4, 0.5) is 0 Å². The summed E-state index contributed by atoms with van der Waals surface area (Å²) >= 11 is 1.64. The van der Waals surface area contributed by atoms with Gasteiger partial charge in [0.05, 0.1) is 10.7 Å². The Balaban J connectivity index is 1.94. The van der Waals surface area contributed by atoms with E-state index in [2.05, 4.69) is 29.0 Å². The summed E-state index contributed by atoms with van der Waals surface area (Å²) < 4.78 is 0. The van der Waals surface area contributed by atoms with Crippen LogP contribution in [0.15, 0.2) is 11.6 Å². The standard InChI is InChI=1S/C16H24N4OS/c1-10(15-12(3)18-19-13(15)4)8-14(21)20(5)9-11(2)16-17-6-7-22-16/h6-7,10-11H,8-9H2,1-5H3,(H,18,19)/t10-,11+/m1/s1. The molecule has 2 heterocycles. The average molecular weight is 320 g/mol. The lowest BCUT2D eigenvalue weighted by molar-refractivity contribution is -0.130. The molecule has 0 radical (unpaired) electrons. The Morgan fingerprint density at radius 1 is 1.36 bits per heavy atom. The van der Waals surface area contributed by atoms with Gasteiger partial charge in [0.15, 0.2) is 0 Å². The maximum Gasteiger partial charge on any atom is 0.222 e. The molecule has 0 aliphatic rings. The fourth-order valence-corrected chi connectivity index (χ4v) is 3.56. The van der Waals surface area contributed by atoms with E-state index in [9.17, 15) is 4.79 Å². The molecule has 2 rings (SSSR count). The third-order valence-corrected chi connectivity index (χ3v) is 5.01. The fraction of sp³-hybridized carbons (Fsp3) is 0.562. The molecule has 2 aromatic rings. The van der Waals surface area contributed by atoms with Gasteiger partial charge in [0.2, 0.25) is 5.91 Å². The highest BCUT2D eigenvalue weighted by Gasteiger charge is 2.21. The van der Waals surface area contributed by atoms with Crippen LogP contribution >= 0.6 is 11.3 Å². The predicted octanol–water partition coefficient (Wildman–Crippen LogP) is 3.24. The number of nitrogens with one attached hydrogen (secondary N) is 1. The summed E-state index contributed by atoms with van der Waals surface area (Å²) in [5.41, 5.74) is 3.20. The largest absolute Gasteiger partial charge is 0.345 e. The molecule has 6 heteroatoms. The summed E-state index contributed by atoms with van der Waals surface area (Å²) in [6.07, 6.45) is 2.31. The lowest BCUT2D eigenvalue weighted by Crippen LogP contribution is -2.31. The molecule has 0 saturated heterocycles. The summed E-state index contributed by atoms with van der Waals surface area (Å²) in [6, 6.07) is 0. The van der Waals surface area contributed by atoms with Crippen LogP contribution in [0.3, 0.4) is 0 Å². The fourth-order valence-electron chi connectivity index (χ4n) is 2.87. The lowest BCUT2D eigenvalue weighted by atomic mass is 9.95. The zero-order chi connectivity index (χ0) is 16.3. The first-order valence-electron chi connectivity index (χ1n) is 7.55. The number of thiazole rings is 1. The minimum Gasteiger partial charge on any atom is -0.345 e. The number of H-pyrrole nitrogens is 1. The average Bonchev–Trinajstić information content (AvgIpc) is 3.08. The van der Waals surface area contributed by atoms with Crippen molar-refractivity contribution in [2.45, 2.75) is 46.0 Å². The maximum atomic E-state index is 12.5. The first-order valence-corrected chi connectivity index (χ1v) is 8.43. The summed E-state index contributed by atoms with van der Waals surface area (Å²) in [6.45, 7) is 8.87. The van der Waals surface area contributed by atoms with Crippen molar-refractivity contribution in [2.24, 2.45) is 0 Å². The molecule has 120 valence electrons. The molecular formula is C16H24N4OS. The number of carbonyl (C=O) groups is 1. The van der Waals surface area contributed by atoms with E-state index in [1.807, 2.05) is 37.4 Å². The second kappa shape index (κ2) is 7.05. The van der Waals surface area contributed by atoms with Gasteiger partial charge in [-0.3, -0.25) is 9.89 Å². The van der Waals surface area contributed by atoms with Gasteiger partial charge in [-0.05, 0) is 25.3 Å². The first-order chi connectivity index (χ1) is 10.4. The molecule has 0 unspecified atom stereocenters. The van der Waals surface area contributed by atoms with Gasteiger partial charge in [-0.1, -0.05) is 13.8 Å². The molecule has 0 bridgehead atoms. The minimum absolute atomic E-state index is 0.163. The molecule has 5 nitrogen and oxygen atoms in total. The summed E-state index contributed by atoms with van der Waals surface area (Å²) in [4.78, 5) is 18.6. The Kier molecular flexibility index (Phi) is 5.34. The highest BCUT2D eigenvalue weighted by molar-refractivity contribution is 7.09.